The van der Waals surface area contributed by atoms with E-state index in [4.69, 9.17) is 9.15 Å². The summed E-state index contributed by atoms with van der Waals surface area (Å²) in [7, 11) is 0. The van der Waals surface area contributed by atoms with E-state index in [1.165, 1.54) is 31.9 Å². The first-order chi connectivity index (χ1) is 17.6. The van der Waals surface area contributed by atoms with Crippen LogP contribution in [-0.4, -0.2) is 23.6 Å². The number of aliphatic carboxylic acids is 1. The summed E-state index contributed by atoms with van der Waals surface area (Å²) < 4.78 is 11.6. The molecule has 6 heteroatoms. The van der Waals surface area contributed by atoms with E-state index < -0.39 is 5.97 Å². The molecule has 0 atom stereocenters. The zero-order chi connectivity index (χ0) is 24.9. The molecule has 0 aliphatic heterocycles. The maximum Gasteiger partial charge on any atom is 0.303 e. The van der Waals surface area contributed by atoms with Crippen LogP contribution in [0.2, 0.25) is 0 Å². The first kappa shape index (κ1) is 23.7. The van der Waals surface area contributed by atoms with Gasteiger partial charge in [-0.15, -0.1) is 0 Å². The third-order valence-electron chi connectivity index (χ3n) is 6.80. The monoisotopic (exact) mass is 483 g/mol. The fraction of sp³-hybridized carbons (Fsp3) is 0.267. The van der Waals surface area contributed by atoms with Crippen molar-refractivity contribution < 1.29 is 23.8 Å². The lowest BCUT2D eigenvalue weighted by Gasteiger charge is -2.19. The largest absolute Gasteiger partial charge is 0.492 e. The molecule has 0 unspecified atom stereocenters. The van der Waals surface area contributed by atoms with Crippen LogP contribution in [0.3, 0.4) is 0 Å². The van der Waals surface area contributed by atoms with Crippen LogP contribution < -0.4 is 10.1 Å². The molecule has 184 valence electrons. The molecule has 1 aromatic heterocycles. The van der Waals surface area contributed by atoms with Crippen LogP contribution >= 0.6 is 0 Å². The normalized spacial score (nSPS) is 13.7. The lowest BCUT2D eigenvalue weighted by atomic mass is 9.96. The predicted molar refractivity (Wildman–Crippen MR) is 139 cm³/mol. The fourth-order valence-electron chi connectivity index (χ4n) is 4.89. The predicted octanol–water partition coefficient (Wildman–Crippen LogP) is 6.94. The molecule has 1 fully saturated rings. The highest BCUT2D eigenvalue weighted by molar-refractivity contribution is 6.03. The summed E-state index contributed by atoms with van der Waals surface area (Å²) in [5, 5.41) is 14.1. The second-order valence-corrected chi connectivity index (χ2v) is 9.36. The molecular formula is C30H29NO5. The van der Waals surface area contributed by atoms with Crippen LogP contribution in [0.4, 0.5) is 5.69 Å². The van der Waals surface area contributed by atoms with Gasteiger partial charge in [0.1, 0.15) is 5.75 Å². The summed E-state index contributed by atoms with van der Waals surface area (Å²) in [6, 6.07) is 21.2. The molecule has 0 bridgehead atoms. The topological polar surface area (TPSA) is 88.8 Å². The second kappa shape index (κ2) is 10.7. The Labute approximate surface area is 209 Å². The number of para-hydroxylation sites is 1. The number of benzene rings is 3. The minimum atomic E-state index is -0.822. The van der Waals surface area contributed by atoms with Gasteiger partial charge in [0.2, 0.25) is 0 Å². The molecule has 1 amide bonds. The van der Waals surface area contributed by atoms with Gasteiger partial charge < -0.3 is 19.6 Å². The number of carboxylic acids is 1. The van der Waals surface area contributed by atoms with Crippen molar-refractivity contribution in [1.29, 1.82) is 0 Å². The van der Waals surface area contributed by atoms with E-state index in [0.717, 1.165) is 33.2 Å². The first-order valence-corrected chi connectivity index (χ1v) is 12.4. The minimum Gasteiger partial charge on any atom is -0.492 e. The molecule has 6 nitrogen and oxygen atoms in total. The van der Waals surface area contributed by atoms with Crippen LogP contribution in [0.15, 0.2) is 77.4 Å². The number of furan rings is 1. The molecule has 1 saturated carbocycles. The van der Waals surface area contributed by atoms with Gasteiger partial charge in [-0.05, 0) is 77.4 Å². The van der Waals surface area contributed by atoms with Crippen molar-refractivity contribution in [2.45, 2.75) is 38.5 Å². The SMILES string of the molecule is O=C(O)CCc1cccc(-c2ccc3ccc(NC(=O)c4ccco4)cc3c2)c1OCC1CCCC1. The molecule has 0 radical (unpaired) electrons. The lowest BCUT2D eigenvalue weighted by molar-refractivity contribution is -0.136. The van der Waals surface area contributed by atoms with Gasteiger partial charge in [0.25, 0.3) is 5.91 Å². The van der Waals surface area contributed by atoms with Gasteiger partial charge in [-0.2, -0.15) is 0 Å². The number of carbonyl (C=O) groups is 2. The molecule has 1 aliphatic rings. The van der Waals surface area contributed by atoms with Gasteiger partial charge in [-0.25, -0.2) is 0 Å². The van der Waals surface area contributed by atoms with E-state index in [-0.39, 0.29) is 18.1 Å². The van der Waals surface area contributed by atoms with Crippen molar-refractivity contribution in [3.05, 3.63) is 84.3 Å². The van der Waals surface area contributed by atoms with Crippen LogP contribution in [0, 0.1) is 5.92 Å². The third kappa shape index (κ3) is 5.43. The Bertz CT molecular complexity index is 1370. The number of rotatable bonds is 9. The molecule has 1 heterocycles. The second-order valence-electron chi connectivity index (χ2n) is 9.36. The average Bonchev–Trinajstić information content (AvgIpc) is 3.61. The van der Waals surface area contributed by atoms with Gasteiger partial charge in [0, 0.05) is 17.7 Å². The van der Waals surface area contributed by atoms with E-state index in [1.807, 2.05) is 42.5 Å². The number of hydrogen-bond donors (Lipinski definition) is 2. The number of carbonyl (C=O) groups excluding carboxylic acids is 1. The molecule has 36 heavy (non-hydrogen) atoms. The Morgan fingerprint density at radius 1 is 0.972 bits per heavy atom. The molecule has 4 aromatic rings. The quantitative estimate of drug-likeness (QED) is 0.269. The van der Waals surface area contributed by atoms with Crippen molar-refractivity contribution in [2.75, 3.05) is 11.9 Å². The minimum absolute atomic E-state index is 0.0552. The molecule has 0 saturated heterocycles. The van der Waals surface area contributed by atoms with Crippen LogP contribution in [0.25, 0.3) is 21.9 Å². The van der Waals surface area contributed by atoms with Gasteiger partial charge in [0.05, 0.1) is 12.9 Å². The summed E-state index contributed by atoms with van der Waals surface area (Å²) in [6.07, 6.45) is 6.78. The number of carboxylic acid groups (broad SMARTS) is 1. The van der Waals surface area contributed by atoms with E-state index in [2.05, 4.69) is 17.4 Å². The summed E-state index contributed by atoms with van der Waals surface area (Å²) in [4.78, 5) is 23.7. The lowest BCUT2D eigenvalue weighted by Crippen LogP contribution is -2.11. The molecule has 1 aliphatic carbocycles. The van der Waals surface area contributed by atoms with Gasteiger partial charge in [-0.3, -0.25) is 9.59 Å². The van der Waals surface area contributed by atoms with Crippen molar-refractivity contribution in [1.82, 2.24) is 0 Å². The highest BCUT2D eigenvalue weighted by Gasteiger charge is 2.19. The van der Waals surface area contributed by atoms with E-state index >= 15 is 0 Å². The summed E-state index contributed by atoms with van der Waals surface area (Å²) in [5.74, 6) is 0.446. The maximum atomic E-state index is 12.4. The zero-order valence-electron chi connectivity index (χ0n) is 20.0. The average molecular weight is 484 g/mol. The standard InChI is InChI=1S/C30H29NO5/c32-28(33)15-13-22-7-3-8-26(29(22)36-19-20-5-1-2-6-20)23-11-10-21-12-14-25(18-24(21)17-23)31-30(34)27-9-4-16-35-27/h3-4,7-12,14,16-18,20H,1-2,5-6,13,15,19H2,(H,31,34)(H,32,33). The van der Waals surface area contributed by atoms with E-state index in [0.29, 0.717) is 24.6 Å². The van der Waals surface area contributed by atoms with Crippen LogP contribution in [0.1, 0.15) is 48.2 Å². The van der Waals surface area contributed by atoms with Crippen LogP contribution in [-0.2, 0) is 11.2 Å². The van der Waals surface area contributed by atoms with Crippen molar-refractivity contribution in [2.24, 2.45) is 5.92 Å². The van der Waals surface area contributed by atoms with Gasteiger partial charge in [-0.1, -0.05) is 49.2 Å². The Hall–Kier alpha value is -4.06. The number of nitrogens with one attached hydrogen (secondary N) is 1. The number of amides is 1. The van der Waals surface area contributed by atoms with Crippen molar-refractivity contribution >= 4 is 28.3 Å². The van der Waals surface area contributed by atoms with E-state index in [9.17, 15) is 14.7 Å². The van der Waals surface area contributed by atoms with Crippen molar-refractivity contribution in [3.63, 3.8) is 0 Å². The zero-order valence-corrected chi connectivity index (χ0v) is 20.0. The Balaban J connectivity index is 1.46. The Morgan fingerprint density at radius 2 is 1.81 bits per heavy atom. The number of fused-ring (bicyclic) bond motifs is 1. The number of anilines is 1. The molecule has 5 rings (SSSR count). The molecule has 3 aromatic carbocycles. The van der Waals surface area contributed by atoms with Crippen LogP contribution in [0.5, 0.6) is 5.75 Å². The summed E-state index contributed by atoms with van der Waals surface area (Å²) in [6.45, 7) is 0.646. The van der Waals surface area contributed by atoms with Crippen molar-refractivity contribution in [3.8, 4) is 16.9 Å². The highest BCUT2D eigenvalue weighted by atomic mass is 16.5. The van der Waals surface area contributed by atoms with E-state index in [1.54, 1.807) is 12.1 Å². The Kier molecular flexibility index (Phi) is 7.03. The highest BCUT2D eigenvalue weighted by Crippen LogP contribution is 2.37. The first-order valence-electron chi connectivity index (χ1n) is 12.4. The smallest absolute Gasteiger partial charge is 0.303 e. The fourth-order valence-corrected chi connectivity index (χ4v) is 4.89. The maximum absolute atomic E-state index is 12.4. The number of hydrogen-bond acceptors (Lipinski definition) is 4. The van der Waals surface area contributed by atoms with Gasteiger partial charge >= 0.3 is 5.97 Å². The molecule has 0 spiro atoms. The number of ether oxygens (including phenoxy) is 1. The summed E-state index contributed by atoms with van der Waals surface area (Å²) >= 11 is 0. The van der Waals surface area contributed by atoms with Gasteiger partial charge in [0.15, 0.2) is 5.76 Å². The Morgan fingerprint density at radius 3 is 2.58 bits per heavy atom. The summed E-state index contributed by atoms with van der Waals surface area (Å²) in [5.41, 5.74) is 3.51. The molecular weight excluding hydrogens is 454 g/mol. The number of aryl methyl sites for hydroxylation is 1. The molecule has 2 N–H and O–H groups in total. The third-order valence-corrected chi connectivity index (χ3v) is 6.80.